The van der Waals surface area contributed by atoms with Crippen molar-refractivity contribution in [1.82, 2.24) is 4.57 Å². The number of allylic oxidation sites excluding steroid dienone is 2. The first-order valence-electron chi connectivity index (χ1n) is 9.76. The van der Waals surface area contributed by atoms with E-state index in [0.29, 0.717) is 5.52 Å². The Balaban J connectivity index is 2.26. The summed E-state index contributed by atoms with van der Waals surface area (Å²) in [5.74, 6) is -15.8. The van der Waals surface area contributed by atoms with E-state index in [1.165, 1.54) is 45.6 Å². The van der Waals surface area contributed by atoms with Gasteiger partial charge in [0.2, 0.25) is 0 Å². The Kier molecular flexibility index (Phi) is 4.95. The number of hydrogen-bond acceptors (Lipinski definition) is 3. The number of rotatable bonds is 3. The topological polar surface area (TPSA) is 37.9 Å². The molecule has 0 N–H and O–H groups in total. The molecule has 3 nitrogen and oxygen atoms in total. The number of thiophene rings is 1. The first-order chi connectivity index (χ1) is 15.2. The lowest BCUT2D eigenvalue weighted by atomic mass is 9.91. The molecule has 1 aliphatic rings. The second-order valence-electron chi connectivity index (χ2n) is 7.97. The fourth-order valence-electron chi connectivity index (χ4n) is 4.51. The van der Waals surface area contributed by atoms with Crippen molar-refractivity contribution in [1.29, 1.82) is 5.26 Å². The summed E-state index contributed by atoms with van der Waals surface area (Å²) < 4.78 is 97.4. The summed E-state index contributed by atoms with van der Waals surface area (Å²) in [5.41, 5.74) is -3.23. The zero-order chi connectivity index (χ0) is 24.7. The molecule has 0 radical (unpaired) electrons. The highest BCUT2D eigenvalue weighted by Gasteiger charge is 2.80. The third kappa shape index (κ3) is 2.75. The smallest absolute Gasteiger partial charge is 0.380 e. The summed E-state index contributed by atoms with van der Waals surface area (Å²) in [7, 11) is 2.88. The molecule has 3 aromatic rings. The minimum atomic E-state index is -5.67. The summed E-state index contributed by atoms with van der Waals surface area (Å²) in [6, 6.07) is 6.28. The lowest BCUT2D eigenvalue weighted by Crippen LogP contribution is -2.49. The minimum Gasteiger partial charge on any atom is -0.497 e. The number of aryl methyl sites for hydroxylation is 2. The van der Waals surface area contributed by atoms with Gasteiger partial charge in [-0.25, -0.2) is 0 Å². The molecule has 1 aliphatic carbocycles. The molecule has 1 aromatic carbocycles. The van der Waals surface area contributed by atoms with Crippen LogP contribution < -0.4 is 4.74 Å². The molecular weight excluding hydrogens is 466 g/mol. The van der Waals surface area contributed by atoms with Crippen LogP contribution in [-0.4, -0.2) is 29.4 Å². The number of ether oxygens (including phenoxy) is 1. The maximum Gasteiger partial charge on any atom is 0.380 e. The van der Waals surface area contributed by atoms with Gasteiger partial charge >= 0.3 is 17.8 Å². The molecule has 0 saturated carbocycles. The Labute approximate surface area is 189 Å². The molecule has 0 bridgehead atoms. The van der Waals surface area contributed by atoms with Gasteiger partial charge in [0.1, 0.15) is 16.7 Å². The van der Waals surface area contributed by atoms with E-state index in [2.05, 4.69) is 0 Å². The Morgan fingerprint density at radius 1 is 0.970 bits per heavy atom. The van der Waals surface area contributed by atoms with E-state index in [1.807, 2.05) is 6.07 Å². The number of alkyl halides is 6. The Hall–Kier alpha value is -2.93. The standard InChI is InChI=1S/C23H18F6N2OS/c1-10-16(9-30)33-12(3)17(10)19-20(22(26,27)23(28,29)21(19,24)25)18-11(2)31(4)15-7-6-13(32-5)8-14(15)18/h6-8H,1-5H3. The van der Waals surface area contributed by atoms with Crippen LogP contribution in [0.25, 0.3) is 22.0 Å². The van der Waals surface area contributed by atoms with Gasteiger partial charge < -0.3 is 9.30 Å². The first kappa shape index (κ1) is 23.2. The van der Waals surface area contributed by atoms with E-state index < -0.39 is 40.0 Å². The van der Waals surface area contributed by atoms with E-state index in [9.17, 15) is 14.0 Å². The second-order valence-corrected chi connectivity index (χ2v) is 9.20. The van der Waals surface area contributed by atoms with Gasteiger partial charge in [0.15, 0.2) is 0 Å². The summed E-state index contributed by atoms with van der Waals surface area (Å²) in [6.45, 7) is 4.05. The van der Waals surface area contributed by atoms with Crippen LogP contribution >= 0.6 is 11.3 Å². The fourth-order valence-corrected chi connectivity index (χ4v) is 5.48. The number of fused-ring (bicyclic) bond motifs is 1. The van der Waals surface area contributed by atoms with Gasteiger partial charge in [-0.2, -0.15) is 31.6 Å². The molecule has 0 spiro atoms. The average molecular weight is 484 g/mol. The Morgan fingerprint density at radius 3 is 2.06 bits per heavy atom. The lowest BCUT2D eigenvalue weighted by molar-refractivity contribution is -0.254. The van der Waals surface area contributed by atoms with Crippen molar-refractivity contribution >= 4 is 33.4 Å². The molecule has 0 aliphatic heterocycles. The van der Waals surface area contributed by atoms with Gasteiger partial charge in [0.05, 0.1) is 7.11 Å². The van der Waals surface area contributed by atoms with Gasteiger partial charge in [-0.3, -0.25) is 0 Å². The predicted octanol–water partition coefficient (Wildman–Crippen LogP) is 6.88. The zero-order valence-corrected chi connectivity index (χ0v) is 19.0. The molecule has 4 rings (SSSR count). The molecule has 33 heavy (non-hydrogen) atoms. The first-order valence-corrected chi connectivity index (χ1v) is 10.6. The molecule has 0 atom stereocenters. The van der Waals surface area contributed by atoms with Crippen molar-refractivity contribution in [2.24, 2.45) is 7.05 Å². The van der Waals surface area contributed by atoms with Crippen molar-refractivity contribution in [3.05, 3.63) is 50.3 Å². The molecule has 0 amide bonds. The number of nitrogens with zero attached hydrogens (tertiary/aromatic N) is 2. The van der Waals surface area contributed by atoms with Crippen molar-refractivity contribution in [2.75, 3.05) is 7.11 Å². The van der Waals surface area contributed by atoms with Gasteiger partial charge in [0, 0.05) is 50.8 Å². The summed E-state index contributed by atoms with van der Waals surface area (Å²) in [6.07, 6.45) is 0. The molecule has 0 unspecified atom stereocenters. The van der Waals surface area contributed by atoms with Crippen LogP contribution in [0.3, 0.4) is 0 Å². The third-order valence-electron chi connectivity index (χ3n) is 6.29. The van der Waals surface area contributed by atoms with Gasteiger partial charge in [0.25, 0.3) is 0 Å². The lowest BCUT2D eigenvalue weighted by Gasteiger charge is -2.26. The van der Waals surface area contributed by atoms with Crippen LogP contribution in [0.4, 0.5) is 26.3 Å². The highest BCUT2D eigenvalue weighted by atomic mass is 32.1. The van der Waals surface area contributed by atoms with E-state index in [0.717, 1.165) is 11.3 Å². The van der Waals surface area contributed by atoms with Crippen LogP contribution in [-0.2, 0) is 7.05 Å². The summed E-state index contributed by atoms with van der Waals surface area (Å²) >= 11 is 0.802. The van der Waals surface area contributed by atoms with Crippen LogP contribution in [0.5, 0.6) is 5.75 Å². The van der Waals surface area contributed by atoms with E-state index in [4.69, 9.17) is 4.74 Å². The normalized spacial score (nSPS) is 18.7. The maximum absolute atomic E-state index is 15.4. The summed E-state index contributed by atoms with van der Waals surface area (Å²) in [4.78, 5) is 0.0835. The molecule has 10 heteroatoms. The van der Waals surface area contributed by atoms with E-state index in [1.54, 1.807) is 12.1 Å². The SMILES string of the molecule is COc1ccc2c(c1)c(C1=C(c3c(C)sc(C#N)c3C)C(F)(F)C(F)(F)C1(F)F)c(C)n2C. The van der Waals surface area contributed by atoms with Gasteiger partial charge in [-0.1, -0.05) is 0 Å². The number of benzene rings is 1. The molecule has 2 aromatic heterocycles. The largest absolute Gasteiger partial charge is 0.497 e. The highest BCUT2D eigenvalue weighted by Crippen LogP contribution is 2.66. The molecule has 2 heterocycles. The Morgan fingerprint density at radius 2 is 1.55 bits per heavy atom. The van der Waals surface area contributed by atoms with Gasteiger partial charge in [-0.15, -0.1) is 11.3 Å². The van der Waals surface area contributed by atoms with Gasteiger partial charge in [-0.05, 0) is 44.5 Å². The van der Waals surface area contributed by atoms with Crippen LogP contribution in [0.2, 0.25) is 0 Å². The van der Waals surface area contributed by atoms with Crippen LogP contribution in [0, 0.1) is 32.1 Å². The second kappa shape index (κ2) is 7.03. The number of hydrogen-bond donors (Lipinski definition) is 0. The fraction of sp³-hybridized carbons (Fsp3) is 0.348. The summed E-state index contributed by atoms with van der Waals surface area (Å²) in [5, 5.41) is 9.39. The highest BCUT2D eigenvalue weighted by molar-refractivity contribution is 7.13. The third-order valence-corrected chi connectivity index (χ3v) is 7.40. The predicted molar refractivity (Wildman–Crippen MR) is 114 cm³/mol. The number of nitriles is 1. The Bertz CT molecular complexity index is 1390. The maximum atomic E-state index is 15.4. The molecule has 0 fully saturated rings. The molecule has 174 valence electrons. The minimum absolute atomic E-state index is 0.00000597. The number of halogens is 6. The van der Waals surface area contributed by atoms with Crippen molar-refractivity contribution in [2.45, 2.75) is 38.5 Å². The van der Waals surface area contributed by atoms with Crippen LogP contribution in [0.15, 0.2) is 18.2 Å². The van der Waals surface area contributed by atoms with Crippen molar-refractivity contribution in [3.63, 3.8) is 0 Å². The van der Waals surface area contributed by atoms with E-state index in [-0.39, 0.29) is 32.1 Å². The zero-order valence-electron chi connectivity index (χ0n) is 18.2. The monoisotopic (exact) mass is 484 g/mol. The van der Waals surface area contributed by atoms with E-state index >= 15 is 17.6 Å². The quantitative estimate of drug-likeness (QED) is 0.380. The molecular formula is C23H18F6N2OS. The molecule has 0 saturated heterocycles. The number of methoxy groups -OCH3 is 1. The van der Waals surface area contributed by atoms with Crippen molar-refractivity contribution < 1.29 is 31.1 Å². The number of aromatic nitrogens is 1. The van der Waals surface area contributed by atoms with Crippen LogP contribution in [0.1, 0.15) is 32.1 Å². The van der Waals surface area contributed by atoms with Crippen molar-refractivity contribution in [3.8, 4) is 11.8 Å². The average Bonchev–Trinajstić information content (AvgIpc) is 3.20.